The summed E-state index contributed by atoms with van der Waals surface area (Å²) in [6, 6.07) is -0.0646. The molecule has 0 aromatic rings. The monoisotopic (exact) mass is 196 g/mol. The number of hydrogen-bond donors (Lipinski definition) is 2. The predicted molar refractivity (Wildman–Crippen MR) is 55.7 cm³/mol. The van der Waals surface area contributed by atoms with Gasteiger partial charge in [0, 0.05) is 6.04 Å². The zero-order chi connectivity index (χ0) is 10.5. The molecule has 3 aliphatic carbocycles. The highest BCUT2D eigenvalue weighted by Gasteiger charge is 2.56. The first-order valence-corrected chi connectivity index (χ1v) is 5.49. The van der Waals surface area contributed by atoms with Gasteiger partial charge < -0.3 is 11.1 Å². The first-order chi connectivity index (χ1) is 6.43. The standard InChI is InChI=1S/C11H20N2O/c1-6-8-4-7(11(8,2)3)5-9(6)13-10(12)14/h6-9H,4-5H2,1-3H3,(H3,12,13,14). The molecule has 2 amide bonds. The maximum absolute atomic E-state index is 10.8. The lowest BCUT2D eigenvalue weighted by Gasteiger charge is -2.62. The van der Waals surface area contributed by atoms with E-state index in [2.05, 4.69) is 26.1 Å². The van der Waals surface area contributed by atoms with Crippen LogP contribution in [-0.2, 0) is 0 Å². The number of primary amides is 1. The molecule has 80 valence electrons. The lowest BCUT2D eigenvalue weighted by Crippen LogP contribution is -2.61. The molecule has 0 radical (unpaired) electrons. The third-order valence-electron chi connectivity index (χ3n) is 4.68. The van der Waals surface area contributed by atoms with E-state index < -0.39 is 0 Å². The fraction of sp³-hybridized carbons (Fsp3) is 0.909. The SMILES string of the molecule is CC1C(NC(N)=O)CC2CC1C2(C)C. The van der Waals surface area contributed by atoms with Gasteiger partial charge in [-0.2, -0.15) is 0 Å². The zero-order valence-electron chi connectivity index (χ0n) is 9.21. The number of urea groups is 1. The van der Waals surface area contributed by atoms with Crippen LogP contribution in [0.2, 0.25) is 0 Å². The van der Waals surface area contributed by atoms with Gasteiger partial charge in [-0.3, -0.25) is 0 Å². The van der Waals surface area contributed by atoms with Crippen molar-refractivity contribution in [1.82, 2.24) is 5.32 Å². The molecular weight excluding hydrogens is 176 g/mol. The summed E-state index contributed by atoms with van der Waals surface area (Å²) in [5.41, 5.74) is 5.64. The third kappa shape index (κ3) is 1.22. The fourth-order valence-electron chi connectivity index (χ4n) is 3.52. The zero-order valence-corrected chi connectivity index (χ0v) is 9.21. The van der Waals surface area contributed by atoms with Gasteiger partial charge in [0.05, 0.1) is 0 Å². The normalized spacial score (nSPS) is 43.9. The Kier molecular flexibility index (Phi) is 2.02. The molecule has 3 rings (SSSR count). The molecule has 3 heteroatoms. The summed E-state index contributed by atoms with van der Waals surface area (Å²) in [5, 5.41) is 2.87. The van der Waals surface area contributed by atoms with Crippen LogP contribution in [-0.4, -0.2) is 12.1 Å². The number of amides is 2. The summed E-state index contributed by atoms with van der Waals surface area (Å²) in [4.78, 5) is 10.8. The number of hydrogen-bond acceptors (Lipinski definition) is 1. The van der Waals surface area contributed by atoms with Crippen LogP contribution in [0.15, 0.2) is 0 Å². The van der Waals surface area contributed by atoms with E-state index >= 15 is 0 Å². The van der Waals surface area contributed by atoms with Gasteiger partial charge in [-0.05, 0) is 36.0 Å². The van der Waals surface area contributed by atoms with E-state index in [-0.39, 0.29) is 6.03 Å². The molecule has 0 spiro atoms. The Morgan fingerprint density at radius 3 is 2.50 bits per heavy atom. The molecule has 0 aromatic carbocycles. The molecule has 2 bridgehead atoms. The highest BCUT2D eigenvalue weighted by molar-refractivity contribution is 5.72. The first kappa shape index (κ1) is 9.81. The van der Waals surface area contributed by atoms with Gasteiger partial charge in [0.25, 0.3) is 0 Å². The molecular formula is C11H20N2O. The van der Waals surface area contributed by atoms with Gasteiger partial charge in [-0.15, -0.1) is 0 Å². The van der Waals surface area contributed by atoms with Crippen LogP contribution in [0, 0.1) is 23.2 Å². The Balaban J connectivity index is 2.04. The van der Waals surface area contributed by atoms with Crippen LogP contribution in [0.25, 0.3) is 0 Å². The van der Waals surface area contributed by atoms with E-state index in [0.717, 1.165) is 18.3 Å². The molecule has 3 N–H and O–H groups in total. The highest BCUT2D eigenvalue weighted by Crippen LogP contribution is 2.61. The molecule has 0 saturated heterocycles. The topological polar surface area (TPSA) is 55.1 Å². The predicted octanol–water partition coefficient (Wildman–Crippen LogP) is 1.73. The first-order valence-electron chi connectivity index (χ1n) is 5.49. The fourth-order valence-corrected chi connectivity index (χ4v) is 3.52. The van der Waals surface area contributed by atoms with Gasteiger partial charge in [0.15, 0.2) is 0 Å². The minimum absolute atomic E-state index is 0.310. The van der Waals surface area contributed by atoms with E-state index in [1.165, 1.54) is 6.42 Å². The van der Waals surface area contributed by atoms with E-state index in [1.54, 1.807) is 0 Å². The second-order valence-corrected chi connectivity index (χ2v) is 5.57. The Labute approximate surface area is 85.4 Å². The highest BCUT2D eigenvalue weighted by atomic mass is 16.2. The smallest absolute Gasteiger partial charge is 0.312 e. The quantitative estimate of drug-likeness (QED) is 0.659. The maximum atomic E-state index is 10.8. The van der Waals surface area contributed by atoms with Crippen molar-refractivity contribution >= 4 is 6.03 Å². The maximum Gasteiger partial charge on any atom is 0.312 e. The van der Waals surface area contributed by atoms with Crippen molar-refractivity contribution in [2.75, 3.05) is 0 Å². The van der Waals surface area contributed by atoms with Crippen molar-refractivity contribution in [3.8, 4) is 0 Å². The largest absolute Gasteiger partial charge is 0.352 e. The Morgan fingerprint density at radius 2 is 2.07 bits per heavy atom. The Bertz CT molecular complexity index is 262. The van der Waals surface area contributed by atoms with E-state index in [1.807, 2.05) is 0 Å². The molecule has 14 heavy (non-hydrogen) atoms. The van der Waals surface area contributed by atoms with Crippen LogP contribution >= 0.6 is 0 Å². The summed E-state index contributed by atoms with van der Waals surface area (Å²) in [5.74, 6) is 2.11. The molecule has 3 fully saturated rings. The second-order valence-electron chi connectivity index (χ2n) is 5.57. The molecule has 0 aromatic heterocycles. The summed E-state index contributed by atoms with van der Waals surface area (Å²) in [7, 11) is 0. The van der Waals surface area contributed by atoms with Crippen LogP contribution in [0.3, 0.4) is 0 Å². The molecule has 4 atom stereocenters. The van der Waals surface area contributed by atoms with E-state index in [9.17, 15) is 4.79 Å². The van der Waals surface area contributed by atoms with Crippen LogP contribution < -0.4 is 11.1 Å². The van der Waals surface area contributed by atoms with Crippen LogP contribution in [0.4, 0.5) is 4.79 Å². The molecule has 3 nitrogen and oxygen atoms in total. The summed E-state index contributed by atoms with van der Waals surface area (Å²) in [6.07, 6.45) is 2.44. The number of nitrogens with one attached hydrogen (secondary N) is 1. The Hall–Kier alpha value is -0.730. The van der Waals surface area contributed by atoms with Gasteiger partial charge in [0.2, 0.25) is 0 Å². The third-order valence-corrected chi connectivity index (χ3v) is 4.68. The Morgan fingerprint density at radius 1 is 1.43 bits per heavy atom. The van der Waals surface area contributed by atoms with Gasteiger partial charge >= 0.3 is 6.03 Å². The summed E-state index contributed by atoms with van der Waals surface area (Å²) in [6.45, 7) is 6.94. The van der Waals surface area contributed by atoms with Crippen molar-refractivity contribution in [1.29, 1.82) is 0 Å². The summed E-state index contributed by atoms with van der Waals surface area (Å²) < 4.78 is 0. The summed E-state index contributed by atoms with van der Waals surface area (Å²) >= 11 is 0. The lowest BCUT2D eigenvalue weighted by atomic mass is 9.45. The van der Waals surface area contributed by atoms with Gasteiger partial charge in [-0.25, -0.2) is 4.79 Å². The number of carbonyl (C=O) groups excluding carboxylic acids is 1. The van der Waals surface area contributed by atoms with Crippen molar-refractivity contribution < 1.29 is 4.79 Å². The number of fused-ring (bicyclic) bond motifs is 2. The van der Waals surface area contributed by atoms with Crippen molar-refractivity contribution in [2.45, 2.75) is 39.7 Å². The molecule has 3 aliphatic rings. The average Bonchev–Trinajstić information content (AvgIpc) is 2.06. The van der Waals surface area contributed by atoms with Crippen molar-refractivity contribution in [3.63, 3.8) is 0 Å². The molecule has 0 heterocycles. The van der Waals surface area contributed by atoms with E-state index in [4.69, 9.17) is 5.73 Å². The molecule has 4 unspecified atom stereocenters. The van der Waals surface area contributed by atoms with Crippen molar-refractivity contribution in [2.24, 2.45) is 28.9 Å². The molecule has 0 aliphatic heterocycles. The number of carbonyl (C=O) groups is 1. The van der Waals surface area contributed by atoms with Crippen LogP contribution in [0.5, 0.6) is 0 Å². The number of nitrogens with two attached hydrogens (primary N) is 1. The number of rotatable bonds is 1. The van der Waals surface area contributed by atoms with Crippen molar-refractivity contribution in [3.05, 3.63) is 0 Å². The minimum atomic E-state index is -0.374. The minimum Gasteiger partial charge on any atom is -0.352 e. The van der Waals surface area contributed by atoms with Gasteiger partial charge in [-0.1, -0.05) is 20.8 Å². The second kappa shape index (κ2) is 2.88. The van der Waals surface area contributed by atoms with Crippen LogP contribution in [0.1, 0.15) is 33.6 Å². The van der Waals surface area contributed by atoms with E-state index in [0.29, 0.717) is 17.4 Å². The molecule has 3 saturated carbocycles. The average molecular weight is 196 g/mol. The lowest BCUT2D eigenvalue weighted by molar-refractivity contribution is -0.112. The van der Waals surface area contributed by atoms with Gasteiger partial charge in [0.1, 0.15) is 0 Å².